The van der Waals surface area contributed by atoms with Crippen molar-refractivity contribution < 1.29 is 14.3 Å². The molecule has 0 atom stereocenters. The lowest BCUT2D eigenvalue weighted by molar-refractivity contribution is 0.171. The van der Waals surface area contributed by atoms with Crippen molar-refractivity contribution in [2.75, 3.05) is 44.7 Å². The second-order valence-corrected chi connectivity index (χ2v) is 7.47. The van der Waals surface area contributed by atoms with Crippen LogP contribution in [-0.4, -0.2) is 55.2 Å². The fourth-order valence-electron chi connectivity index (χ4n) is 3.50. The van der Waals surface area contributed by atoms with E-state index < -0.39 is 0 Å². The van der Waals surface area contributed by atoms with Crippen LogP contribution in [0.1, 0.15) is 12.0 Å². The number of urea groups is 1. The molecular formula is C21H24ClN3O3. The zero-order valence-corrected chi connectivity index (χ0v) is 16.5. The van der Waals surface area contributed by atoms with Gasteiger partial charge < -0.3 is 19.7 Å². The van der Waals surface area contributed by atoms with Crippen molar-refractivity contribution >= 4 is 23.3 Å². The third kappa shape index (κ3) is 4.69. The quantitative estimate of drug-likeness (QED) is 0.848. The van der Waals surface area contributed by atoms with Gasteiger partial charge in [0.15, 0.2) is 11.5 Å². The maximum Gasteiger partial charge on any atom is 0.321 e. The molecule has 0 saturated carbocycles. The van der Waals surface area contributed by atoms with Crippen LogP contribution in [0.15, 0.2) is 42.5 Å². The van der Waals surface area contributed by atoms with Crippen molar-refractivity contribution in [1.82, 2.24) is 9.80 Å². The number of amides is 2. The number of benzene rings is 2. The zero-order valence-electron chi connectivity index (χ0n) is 15.7. The molecule has 148 valence electrons. The van der Waals surface area contributed by atoms with Crippen LogP contribution in [0.25, 0.3) is 0 Å². The van der Waals surface area contributed by atoms with Crippen LogP contribution in [0.3, 0.4) is 0 Å². The van der Waals surface area contributed by atoms with Crippen LogP contribution in [-0.2, 0) is 6.54 Å². The van der Waals surface area contributed by atoms with E-state index in [1.165, 1.54) is 5.56 Å². The Bertz CT molecular complexity index is 828. The first kappa shape index (κ1) is 18.9. The molecule has 6 nitrogen and oxygen atoms in total. The van der Waals surface area contributed by atoms with E-state index in [-0.39, 0.29) is 6.03 Å². The number of carbonyl (C=O) groups is 1. The largest absolute Gasteiger partial charge is 0.486 e. The van der Waals surface area contributed by atoms with Gasteiger partial charge in [-0.2, -0.15) is 0 Å². The Morgan fingerprint density at radius 1 is 0.964 bits per heavy atom. The van der Waals surface area contributed by atoms with Gasteiger partial charge in [0.1, 0.15) is 13.2 Å². The maximum absolute atomic E-state index is 12.7. The Hall–Kier alpha value is -2.44. The number of halogens is 1. The summed E-state index contributed by atoms with van der Waals surface area (Å²) in [4.78, 5) is 16.9. The first-order valence-corrected chi connectivity index (χ1v) is 9.97. The lowest BCUT2D eigenvalue weighted by atomic mass is 10.2. The van der Waals surface area contributed by atoms with Crippen molar-refractivity contribution in [1.29, 1.82) is 0 Å². The molecule has 4 rings (SSSR count). The fraction of sp³-hybridized carbons (Fsp3) is 0.381. The summed E-state index contributed by atoms with van der Waals surface area (Å²) in [6, 6.07) is 13.4. The summed E-state index contributed by atoms with van der Waals surface area (Å²) in [7, 11) is 0. The van der Waals surface area contributed by atoms with Crippen molar-refractivity contribution in [3.8, 4) is 11.5 Å². The summed E-state index contributed by atoms with van der Waals surface area (Å²) in [6.45, 7) is 5.21. The fourth-order valence-corrected chi connectivity index (χ4v) is 3.63. The van der Waals surface area contributed by atoms with Crippen molar-refractivity contribution in [3.63, 3.8) is 0 Å². The highest BCUT2D eigenvalue weighted by Gasteiger charge is 2.20. The normalized spacial score (nSPS) is 17.1. The second kappa shape index (κ2) is 8.71. The molecule has 2 aliphatic heterocycles. The SMILES string of the molecule is O=C(Nc1ccc2c(c1)OCCO2)N1CCCN(Cc2ccc(Cl)cc2)CC1. The van der Waals surface area contributed by atoms with Crippen molar-refractivity contribution in [2.45, 2.75) is 13.0 Å². The topological polar surface area (TPSA) is 54.0 Å². The van der Waals surface area contributed by atoms with Gasteiger partial charge in [0.05, 0.1) is 0 Å². The third-order valence-corrected chi connectivity index (χ3v) is 5.24. The van der Waals surface area contributed by atoms with Gasteiger partial charge in [0, 0.05) is 49.5 Å². The predicted octanol–water partition coefficient (Wildman–Crippen LogP) is 3.85. The molecule has 0 spiro atoms. The molecule has 2 aromatic carbocycles. The summed E-state index contributed by atoms with van der Waals surface area (Å²) < 4.78 is 11.1. The summed E-state index contributed by atoms with van der Waals surface area (Å²) in [5.74, 6) is 1.39. The molecule has 0 aliphatic carbocycles. The minimum atomic E-state index is -0.0787. The van der Waals surface area contributed by atoms with Gasteiger partial charge in [-0.05, 0) is 36.2 Å². The van der Waals surface area contributed by atoms with E-state index in [0.29, 0.717) is 25.5 Å². The highest BCUT2D eigenvalue weighted by Crippen LogP contribution is 2.32. The molecule has 0 bridgehead atoms. The van der Waals surface area contributed by atoms with E-state index >= 15 is 0 Å². The molecule has 0 unspecified atom stereocenters. The summed E-state index contributed by atoms with van der Waals surface area (Å²) in [6.07, 6.45) is 0.947. The highest BCUT2D eigenvalue weighted by molar-refractivity contribution is 6.30. The summed E-state index contributed by atoms with van der Waals surface area (Å²) >= 11 is 5.96. The number of nitrogens with zero attached hydrogens (tertiary/aromatic N) is 2. The molecule has 0 radical (unpaired) electrons. The first-order valence-electron chi connectivity index (χ1n) is 9.60. The number of hydrogen-bond donors (Lipinski definition) is 1. The van der Waals surface area contributed by atoms with Gasteiger partial charge in [-0.25, -0.2) is 4.79 Å². The van der Waals surface area contributed by atoms with E-state index in [1.54, 1.807) is 0 Å². The van der Waals surface area contributed by atoms with Gasteiger partial charge in [-0.3, -0.25) is 4.90 Å². The summed E-state index contributed by atoms with van der Waals surface area (Å²) in [5, 5.41) is 3.73. The lowest BCUT2D eigenvalue weighted by Crippen LogP contribution is -2.38. The maximum atomic E-state index is 12.7. The Kier molecular flexibility index (Phi) is 5.88. The lowest BCUT2D eigenvalue weighted by Gasteiger charge is -2.23. The summed E-state index contributed by atoms with van der Waals surface area (Å²) in [5.41, 5.74) is 1.95. The second-order valence-electron chi connectivity index (χ2n) is 7.03. The molecule has 2 amide bonds. The molecule has 2 heterocycles. The van der Waals surface area contributed by atoms with Crippen LogP contribution in [0.2, 0.25) is 5.02 Å². The van der Waals surface area contributed by atoms with E-state index in [0.717, 1.165) is 49.1 Å². The van der Waals surface area contributed by atoms with Gasteiger partial charge in [0.2, 0.25) is 0 Å². The molecule has 2 aliphatic rings. The van der Waals surface area contributed by atoms with Crippen LogP contribution in [0.4, 0.5) is 10.5 Å². The Morgan fingerprint density at radius 3 is 2.57 bits per heavy atom. The highest BCUT2D eigenvalue weighted by atomic mass is 35.5. The van der Waals surface area contributed by atoms with Gasteiger partial charge in [-0.1, -0.05) is 23.7 Å². The van der Waals surface area contributed by atoms with Crippen molar-refractivity contribution in [3.05, 3.63) is 53.1 Å². The number of ether oxygens (including phenoxy) is 2. The van der Waals surface area contributed by atoms with Crippen LogP contribution >= 0.6 is 11.6 Å². The minimum absolute atomic E-state index is 0.0787. The zero-order chi connectivity index (χ0) is 19.3. The smallest absolute Gasteiger partial charge is 0.321 e. The molecule has 7 heteroatoms. The van der Waals surface area contributed by atoms with Gasteiger partial charge >= 0.3 is 6.03 Å². The molecule has 1 saturated heterocycles. The van der Waals surface area contributed by atoms with Crippen LogP contribution < -0.4 is 14.8 Å². The average molecular weight is 402 g/mol. The van der Waals surface area contributed by atoms with Crippen LogP contribution in [0.5, 0.6) is 11.5 Å². The molecular weight excluding hydrogens is 378 g/mol. The van der Waals surface area contributed by atoms with Gasteiger partial charge in [0.25, 0.3) is 0 Å². The monoisotopic (exact) mass is 401 g/mol. The van der Waals surface area contributed by atoms with E-state index in [9.17, 15) is 4.79 Å². The Morgan fingerprint density at radius 2 is 1.75 bits per heavy atom. The van der Waals surface area contributed by atoms with Crippen molar-refractivity contribution in [2.24, 2.45) is 0 Å². The molecule has 1 N–H and O–H groups in total. The van der Waals surface area contributed by atoms with E-state index in [4.69, 9.17) is 21.1 Å². The molecule has 1 fully saturated rings. The number of nitrogens with one attached hydrogen (secondary N) is 1. The number of fused-ring (bicyclic) bond motifs is 1. The Balaban J connectivity index is 1.32. The molecule has 0 aromatic heterocycles. The standard InChI is InChI=1S/C21H24ClN3O3/c22-17-4-2-16(3-5-17)15-24-8-1-9-25(11-10-24)21(26)23-18-6-7-19-20(14-18)28-13-12-27-19/h2-7,14H,1,8-13,15H2,(H,23,26). The predicted molar refractivity (Wildman–Crippen MR) is 109 cm³/mol. The number of anilines is 1. The van der Waals surface area contributed by atoms with Gasteiger partial charge in [-0.15, -0.1) is 0 Å². The first-order chi connectivity index (χ1) is 13.7. The van der Waals surface area contributed by atoms with E-state index in [1.807, 2.05) is 35.2 Å². The average Bonchev–Trinajstić information content (AvgIpc) is 2.95. The molecule has 28 heavy (non-hydrogen) atoms. The van der Waals surface area contributed by atoms with Crippen LogP contribution in [0, 0.1) is 0 Å². The Labute approximate surface area is 170 Å². The number of hydrogen-bond acceptors (Lipinski definition) is 4. The minimum Gasteiger partial charge on any atom is -0.486 e. The molecule has 2 aromatic rings. The number of carbonyl (C=O) groups excluding carboxylic acids is 1. The number of rotatable bonds is 3. The third-order valence-electron chi connectivity index (χ3n) is 4.99. The van der Waals surface area contributed by atoms with E-state index in [2.05, 4.69) is 22.3 Å².